The van der Waals surface area contributed by atoms with E-state index in [-0.39, 0.29) is 6.47 Å². The van der Waals surface area contributed by atoms with Crippen LogP contribution in [0.4, 0.5) is 10.5 Å². The molecule has 9 heteroatoms. The maximum atomic E-state index is 12.0. The summed E-state index contributed by atoms with van der Waals surface area (Å²) in [6.07, 6.45) is -1.35. The van der Waals surface area contributed by atoms with Gasteiger partial charge in [-0.2, -0.15) is 0 Å². The molecular weight excluding hydrogens is 394 g/mol. The van der Waals surface area contributed by atoms with Crippen LogP contribution < -0.4 is 5.32 Å². The first-order chi connectivity index (χ1) is 9.27. The van der Waals surface area contributed by atoms with Gasteiger partial charge in [0.25, 0.3) is 6.47 Å². The highest BCUT2D eigenvalue weighted by molar-refractivity contribution is 9.10. The molecule has 2 amide bonds. The zero-order valence-corrected chi connectivity index (χ0v) is 14.0. The fraction of sp³-hybridized carbons (Fsp3) is 0.273. The lowest BCUT2D eigenvalue weighted by atomic mass is 10.3. The van der Waals surface area contributed by atoms with Crippen LogP contribution in [0.1, 0.15) is 0 Å². The summed E-state index contributed by atoms with van der Waals surface area (Å²) < 4.78 is 3.35. The number of para-hydroxylation sites is 1. The average Bonchev–Trinajstić information content (AvgIpc) is 2.36. The minimum atomic E-state index is -1.97. The molecule has 20 heavy (non-hydrogen) atoms. The third kappa shape index (κ3) is 4.70. The second-order valence-electron chi connectivity index (χ2n) is 3.65. The Hall–Kier alpha value is -0.690. The van der Waals surface area contributed by atoms with Crippen molar-refractivity contribution < 1.29 is 14.3 Å². The number of carbonyl (C=O) groups excluding carboxylic acids is 2. The number of nitrogens with zero attached hydrogens (tertiary/aromatic N) is 1. The molecule has 0 aliphatic carbocycles. The zero-order valence-electron chi connectivity index (χ0n) is 10.1. The molecular formula is C11H10BrCl3N2O3. The smallest absolute Gasteiger partial charge is 0.324 e. The minimum absolute atomic E-state index is 0.106. The number of benzene rings is 1. The fourth-order valence-electron chi connectivity index (χ4n) is 1.31. The Morgan fingerprint density at radius 3 is 2.55 bits per heavy atom. The molecule has 0 bridgehead atoms. The second-order valence-corrected chi connectivity index (χ2v) is 6.87. The van der Waals surface area contributed by atoms with Crippen LogP contribution in [0.25, 0.3) is 0 Å². The molecule has 0 fully saturated rings. The van der Waals surface area contributed by atoms with Crippen LogP contribution in [0.15, 0.2) is 28.7 Å². The van der Waals surface area contributed by atoms with Gasteiger partial charge in [-0.3, -0.25) is 9.69 Å². The molecule has 0 aromatic heterocycles. The summed E-state index contributed by atoms with van der Waals surface area (Å²) in [6, 6.07) is 6.37. The summed E-state index contributed by atoms with van der Waals surface area (Å²) in [5.41, 5.74) is 0.526. The number of nitrogens with one attached hydrogen (secondary N) is 1. The molecule has 0 radical (unpaired) electrons. The van der Waals surface area contributed by atoms with E-state index in [0.717, 1.165) is 4.90 Å². The molecule has 1 aromatic carbocycles. The highest BCUT2D eigenvalue weighted by Crippen LogP contribution is 2.33. The van der Waals surface area contributed by atoms with E-state index in [1.165, 1.54) is 7.05 Å². The van der Waals surface area contributed by atoms with Gasteiger partial charge in [-0.1, -0.05) is 46.9 Å². The van der Waals surface area contributed by atoms with E-state index < -0.39 is 16.1 Å². The van der Waals surface area contributed by atoms with E-state index in [9.17, 15) is 9.59 Å². The molecule has 1 N–H and O–H groups in total. The van der Waals surface area contributed by atoms with Gasteiger partial charge in [-0.05, 0) is 28.1 Å². The van der Waals surface area contributed by atoms with Gasteiger partial charge in [0.05, 0.1) is 5.69 Å². The summed E-state index contributed by atoms with van der Waals surface area (Å²) in [7, 11) is 1.34. The third-order valence-electron chi connectivity index (χ3n) is 2.25. The highest BCUT2D eigenvalue weighted by atomic mass is 79.9. The first-order valence-electron chi connectivity index (χ1n) is 5.21. The van der Waals surface area contributed by atoms with Gasteiger partial charge in [0, 0.05) is 11.5 Å². The lowest BCUT2D eigenvalue weighted by Gasteiger charge is -2.31. The van der Waals surface area contributed by atoms with Crippen LogP contribution in [0.5, 0.6) is 0 Å². The van der Waals surface area contributed by atoms with Crippen molar-refractivity contribution >= 4 is 68.9 Å². The SMILES string of the molecule is CN(C(=O)Nc1ccccc1Br)C(OC=O)C(Cl)(Cl)Cl. The molecule has 0 spiro atoms. The molecule has 0 aliphatic heterocycles. The van der Waals surface area contributed by atoms with Crippen LogP contribution in [-0.4, -0.2) is 34.5 Å². The van der Waals surface area contributed by atoms with Crippen molar-refractivity contribution in [3.05, 3.63) is 28.7 Å². The van der Waals surface area contributed by atoms with Gasteiger partial charge in [0.2, 0.25) is 10.0 Å². The molecule has 0 saturated heterocycles. The van der Waals surface area contributed by atoms with E-state index >= 15 is 0 Å². The van der Waals surface area contributed by atoms with Gasteiger partial charge in [0.1, 0.15) is 0 Å². The number of halogens is 4. The summed E-state index contributed by atoms with van der Waals surface area (Å²) >= 11 is 20.3. The van der Waals surface area contributed by atoms with E-state index in [0.29, 0.717) is 10.2 Å². The molecule has 1 atom stereocenters. The Labute approximate surface area is 139 Å². The number of hydrogen-bond acceptors (Lipinski definition) is 3. The second kappa shape index (κ2) is 7.36. The van der Waals surface area contributed by atoms with E-state index in [1.54, 1.807) is 24.3 Å². The number of amides is 2. The number of hydrogen-bond donors (Lipinski definition) is 1. The monoisotopic (exact) mass is 402 g/mol. The van der Waals surface area contributed by atoms with Crippen LogP contribution >= 0.6 is 50.7 Å². The van der Waals surface area contributed by atoms with Gasteiger partial charge < -0.3 is 10.1 Å². The maximum Gasteiger partial charge on any atom is 0.324 e. The van der Waals surface area contributed by atoms with Crippen molar-refractivity contribution in [1.82, 2.24) is 4.90 Å². The Kier molecular flexibility index (Phi) is 6.39. The van der Waals surface area contributed by atoms with Crippen molar-refractivity contribution in [1.29, 1.82) is 0 Å². The lowest BCUT2D eigenvalue weighted by molar-refractivity contribution is -0.139. The van der Waals surface area contributed by atoms with Crippen molar-refractivity contribution in [2.45, 2.75) is 10.0 Å². The number of carbonyl (C=O) groups is 2. The molecule has 5 nitrogen and oxygen atoms in total. The normalized spacial score (nSPS) is 12.4. The van der Waals surface area contributed by atoms with Gasteiger partial charge in [0.15, 0.2) is 0 Å². The van der Waals surface area contributed by atoms with E-state index in [4.69, 9.17) is 34.8 Å². The van der Waals surface area contributed by atoms with Crippen molar-refractivity contribution in [2.75, 3.05) is 12.4 Å². The van der Waals surface area contributed by atoms with Gasteiger partial charge in [-0.25, -0.2) is 4.79 Å². The third-order valence-corrected chi connectivity index (χ3v) is 3.50. The Morgan fingerprint density at radius 1 is 1.45 bits per heavy atom. The van der Waals surface area contributed by atoms with Crippen molar-refractivity contribution in [2.24, 2.45) is 0 Å². The zero-order chi connectivity index (χ0) is 15.3. The standard InChI is InChI=1S/C11H10BrCl3N2O3/c1-17(9(20-6-18)11(13,14)15)10(19)16-8-5-3-2-4-7(8)12/h2-6,9H,1H3,(H,16,19). The number of alkyl halides is 3. The van der Waals surface area contributed by atoms with Crippen LogP contribution in [0.3, 0.4) is 0 Å². The fourth-order valence-corrected chi connectivity index (χ4v) is 2.29. The minimum Gasteiger partial charge on any atom is -0.439 e. The van der Waals surface area contributed by atoms with E-state index in [1.807, 2.05) is 0 Å². The average molecular weight is 404 g/mol. The predicted molar refractivity (Wildman–Crippen MR) is 82.2 cm³/mol. The first kappa shape index (κ1) is 17.4. The Balaban J connectivity index is 2.85. The Morgan fingerprint density at radius 2 is 2.05 bits per heavy atom. The predicted octanol–water partition coefficient (Wildman–Crippen LogP) is 3.78. The maximum absolute atomic E-state index is 12.0. The van der Waals surface area contributed by atoms with E-state index in [2.05, 4.69) is 26.0 Å². The Bertz CT molecular complexity index is 496. The lowest BCUT2D eigenvalue weighted by Crippen LogP contribution is -2.48. The number of anilines is 1. The summed E-state index contributed by atoms with van der Waals surface area (Å²) in [5.74, 6) is 0. The molecule has 1 rings (SSSR count). The number of rotatable bonds is 4. The molecule has 1 unspecified atom stereocenters. The van der Waals surface area contributed by atoms with Crippen molar-refractivity contribution in [3.63, 3.8) is 0 Å². The number of ether oxygens (including phenoxy) is 1. The topological polar surface area (TPSA) is 58.6 Å². The summed E-state index contributed by atoms with van der Waals surface area (Å²) in [6.45, 7) is 0.106. The summed E-state index contributed by atoms with van der Waals surface area (Å²) in [5, 5.41) is 2.59. The molecule has 1 aromatic rings. The molecule has 0 aliphatic rings. The van der Waals surface area contributed by atoms with Crippen LogP contribution in [0, 0.1) is 0 Å². The van der Waals surface area contributed by atoms with Crippen LogP contribution in [-0.2, 0) is 9.53 Å². The molecule has 0 heterocycles. The quantitative estimate of drug-likeness (QED) is 0.472. The first-order valence-corrected chi connectivity index (χ1v) is 7.14. The number of urea groups is 1. The van der Waals surface area contributed by atoms with Crippen molar-refractivity contribution in [3.8, 4) is 0 Å². The molecule has 110 valence electrons. The molecule has 0 saturated carbocycles. The van der Waals surface area contributed by atoms with Gasteiger partial charge >= 0.3 is 6.03 Å². The van der Waals surface area contributed by atoms with Crippen LogP contribution in [0.2, 0.25) is 0 Å². The summed E-state index contributed by atoms with van der Waals surface area (Å²) in [4.78, 5) is 23.5. The highest BCUT2D eigenvalue weighted by Gasteiger charge is 2.40. The van der Waals surface area contributed by atoms with Gasteiger partial charge in [-0.15, -0.1) is 0 Å². The largest absolute Gasteiger partial charge is 0.439 e.